The number of nitrogens with two attached hydrogens (primary N) is 1. The van der Waals surface area contributed by atoms with Gasteiger partial charge in [0.2, 0.25) is 0 Å². The molecule has 0 atom stereocenters. The van der Waals surface area contributed by atoms with Crippen LogP contribution in [0.15, 0.2) is 24.3 Å². The van der Waals surface area contributed by atoms with Gasteiger partial charge in [0, 0.05) is 15.5 Å². The standard InChI is InChI=1S/C12H10ClNO3S/c1-17-9-3-2-6(13)4-7(9)10-5-8(14)11(18-10)12(15)16/h2-5H,14H2,1H3,(H,15,16). The molecule has 1 heterocycles. The minimum atomic E-state index is -1.04. The van der Waals surface area contributed by atoms with Crippen LogP contribution in [0.4, 0.5) is 5.69 Å². The number of carbonyl (C=O) groups is 1. The van der Waals surface area contributed by atoms with E-state index < -0.39 is 5.97 Å². The van der Waals surface area contributed by atoms with Crippen LogP contribution in [0, 0.1) is 0 Å². The zero-order chi connectivity index (χ0) is 13.3. The van der Waals surface area contributed by atoms with Crippen molar-refractivity contribution in [2.45, 2.75) is 0 Å². The van der Waals surface area contributed by atoms with Crippen LogP contribution in [-0.4, -0.2) is 18.2 Å². The molecule has 0 saturated heterocycles. The van der Waals surface area contributed by atoms with Gasteiger partial charge in [-0.2, -0.15) is 0 Å². The van der Waals surface area contributed by atoms with Gasteiger partial charge >= 0.3 is 5.97 Å². The molecule has 0 spiro atoms. The van der Waals surface area contributed by atoms with Gasteiger partial charge in [-0.05, 0) is 24.3 Å². The third-order valence-corrected chi connectivity index (χ3v) is 3.79. The SMILES string of the molecule is COc1ccc(Cl)cc1-c1cc(N)c(C(=O)O)s1. The Balaban J connectivity index is 2.58. The number of hydrogen-bond acceptors (Lipinski definition) is 4. The van der Waals surface area contributed by atoms with Gasteiger partial charge in [0.1, 0.15) is 10.6 Å². The Morgan fingerprint density at radius 1 is 1.44 bits per heavy atom. The highest BCUT2D eigenvalue weighted by atomic mass is 35.5. The number of carboxylic acid groups (broad SMARTS) is 1. The fourth-order valence-electron chi connectivity index (χ4n) is 1.58. The van der Waals surface area contributed by atoms with Crippen LogP contribution >= 0.6 is 22.9 Å². The van der Waals surface area contributed by atoms with Gasteiger partial charge in [0.05, 0.1) is 12.8 Å². The number of aromatic carboxylic acids is 1. The fraction of sp³-hybridized carbons (Fsp3) is 0.0833. The molecular weight excluding hydrogens is 274 g/mol. The van der Waals surface area contributed by atoms with Crippen LogP contribution in [0.5, 0.6) is 5.75 Å². The lowest BCUT2D eigenvalue weighted by atomic mass is 10.1. The number of anilines is 1. The first kappa shape index (κ1) is 12.7. The Kier molecular flexibility index (Phi) is 3.45. The number of hydrogen-bond donors (Lipinski definition) is 2. The number of carboxylic acids is 1. The molecule has 4 nitrogen and oxygen atoms in total. The lowest BCUT2D eigenvalue weighted by Crippen LogP contribution is -1.96. The van der Waals surface area contributed by atoms with Gasteiger partial charge < -0.3 is 15.6 Å². The van der Waals surface area contributed by atoms with E-state index in [0.29, 0.717) is 15.6 Å². The molecule has 0 saturated carbocycles. The minimum absolute atomic E-state index is 0.118. The molecule has 2 rings (SSSR count). The van der Waals surface area contributed by atoms with E-state index in [2.05, 4.69) is 0 Å². The summed E-state index contributed by atoms with van der Waals surface area (Å²) in [6.45, 7) is 0. The predicted octanol–water partition coefficient (Wildman–Crippen LogP) is 3.36. The highest BCUT2D eigenvalue weighted by Crippen LogP contribution is 2.39. The Labute approximate surface area is 113 Å². The maximum absolute atomic E-state index is 11.0. The van der Waals surface area contributed by atoms with Gasteiger partial charge in [-0.25, -0.2) is 4.79 Å². The highest BCUT2D eigenvalue weighted by molar-refractivity contribution is 7.18. The van der Waals surface area contributed by atoms with Gasteiger partial charge in [-0.15, -0.1) is 11.3 Å². The third kappa shape index (κ3) is 2.27. The van der Waals surface area contributed by atoms with E-state index >= 15 is 0 Å². The lowest BCUT2D eigenvalue weighted by molar-refractivity contribution is 0.0703. The quantitative estimate of drug-likeness (QED) is 0.906. The average molecular weight is 284 g/mol. The molecule has 0 aliphatic heterocycles. The first-order chi connectivity index (χ1) is 8.52. The maximum atomic E-state index is 11.0. The van der Waals surface area contributed by atoms with E-state index in [1.54, 1.807) is 31.4 Å². The molecule has 1 aromatic carbocycles. The first-order valence-electron chi connectivity index (χ1n) is 4.99. The smallest absolute Gasteiger partial charge is 0.348 e. The Morgan fingerprint density at radius 3 is 2.72 bits per heavy atom. The molecule has 0 unspecified atom stereocenters. The summed E-state index contributed by atoms with van der Waals surface area (Å²) < 4.78 is 5.22. The number of methoxy groups -OCH3 is 1. The monoisotopic (exact) mass is 283 g/mol. The number of nitrogen functional groups attached to an aromatic ring is 1. The highest BCUT2D eigenvalue weighted by Gasteiger charge is 2.16. The summed E-state index contributed by atoms with van der Waals surface area (Å²) in [6, 6.07) is 6.77. The molecule has 1 aromatic heterocycles. The second-order valence-corrected chi connectivity index (χ2v) is 5.03. The van der Waals surface area contributed by atoms with Gasteiger partial charge in [-0.3, -0.25) is 0 Å². The molecular formula is C12H10ClNO3S. The number of benzene rings is 1. The molecule has 0 amide bonds. The Bertz CT molecular complexity index is 609. The second kappa shape index (κ2) is 4.88. The van der Waals surface area contributed by atoms with E-state index in [-0.39, 0.29) is 10.6 Å². The Hall–Kier alpha value is -1.72. The molecule has 0 aliphatic rings. The van der Waals surface area contributed by atoms with Crippen LogP contribution in [0.3, 0.4) is 0 Å². The topological polar surface area (TPSA) is 72.5 Å². The van der Waals surface area contributed by atoms with E-state index in [4.69, 9.17) is 27.2 Å². The van der Waals surface area contributed by atoms with Crippen molar-refractivity contribution in [3.8, 4) is 16.2 Å². The number of halogens is 1. The van der Waals surface area contributed by atoms with E-state index in [1.807, 2.05) is 0 Å². The zero-order valence-electron chi connectivity index (χ0n) is 9.44. The molecule has 18 heavy (non-hydrogen) atoms. The van der Waals surface area contributed by atoms with Gasteiger partial charge in [-0.1, -0.05) is 11.6 Å². The van der Waals surface area contributed by atoms with Crippen molar-refractivity contribution in [3.63, 3.8) is 0 Å². The van der Waals surface area contributed by atoms with Crippen LogP contribution in [0.1, 0.15) is 9.67 Å². The molecule has 3 N–H and O–H groups in total. The molecule has 0 bridgehead atoms. The third-order valence-electron chi connectivity index (χ3n) is 2.38. The largest absolute Gasteiger partial charge is 0.496 e. The van der Waals surface area contributed by atoms with Crippen LogP contribution in [-0.2, 0) is 0 Å². The van der Waals surface area contributed by atoms with Crippen molar-refractivity contribution < 1.29 is 14.6 Å². The summed E-state index contributed by atoms with van der Waals surface area (Å²) in [6.07, 6.45) is 0. The van der Waals surface area contributed by atoms with Gasteiger partial charge in [0.25, 0.3) is 0 Å². The molecule has 0 aliphatic carbocycles. The van der Waals surface area contributed by atoms with Crippen LogP contribution in [0.2, 0.25) is 5.02 Å². The lowest BCUT2D eigenvalue weighted by Gasteiger charge is -2.06. The van der Waals surface area contributed by atoms with Crippen molar-refractivity contribution >= 4 is 34.6 Å². The fourth-order valence-corrected chi connectivity index (χ4v) is 2.69. The number of thiophene rings is 1. The molecule has 94 valence electrons. The second-order valence-electron chi connectivity index (χ2n) is 3.54. The summed E-state index contributed by atoms with van der Waals surface area (Å²) >= 11 is 7.03. The molecule has 2 aromatic rings. The summed E-state index contributed by atoms with van der Waals surface area (Å²) in [5, 5.41) is 9.53. The van der Waals surface area contributed by atoms with Crippen LogP contribution < -0.4 is 10.5 Å². The normalized spacial score (nSPS) is 10.3. The summed E-state index contributed by atoms with van der Waals surface area (Å²) in [4.78, 5) is 11.8. The zero-order valence-corrected chi connectivity index (χ0v) is 11.0. The van der Waals surface area contributed by atoms with Crippen molar-refractivity contribution in [2.24, 2.45) is 0 Å². The van der Waals surface area contributed by atoms with E-state index in [1.165, 1.54) is 0 Å². The van der Waals surface area contributed by atoms with E-state index in [9.17, 15) is 4.79 Å². The van der Waals surface area contributed by atoms with Crippen LogP contribution in [0.25, 0.3) is 10.4 Å². The first-order valence-corrected chi connectivity index (χ1v) is 6.19. The van der Waals surface area contributed by atoms with Crippen molar-refractivity contribution in [2.75, 3.05) is 12.8 Å². The van der Waals surface area contributed by atoms with Crippen molar-refractivity contribution in [1.29, 1.82) is 0 Å². The van der Waals surface area contributed by atoms with Gasteiger partial charge in [0.15, 0.2) is 0 Å². The number of ether oxygens (including phenoxy) is 1. The average Bonchev–Trinajstić information content (AvgIpc) is 2.71. The molecule has 0 radical (unpaired) electrons. The predicted molar refractivity (Wildman–Crippen MR) is 72.7 cm³/mol. The minimum Gasteiger partial charge on any atom is -0.496 e. The van der Waals surface area contributed by atoms with Crippen molar-refractivity contribution in [3.05, 3.63) is 34.2 Å². The Morgan fingerprint density at radius 2 is 2.17 bits per heavy atom. The van der Waals surface area contributed by atoms with Crippen molar-refractivity contribution in [1.82, 2.24) is 0 Å². The summed E-state index contributed by atoms with van der Waals surface area (Å²) in [5.74, 6) is -0.415. The summed E-state index contributed by atoms with van der Waals surface area (Å²) in [7, 11) is 1.54. The summed E-state index contributed by atoms with van der Waals surface area (Å²) in [5.41, 5.74) is 6.64. The molecule has 0 fully saturated rings. The number of rotatable bonds is 3. The molecule has 6 heteroatoms. The maximum Gasteiger partial charge on any atom is 0.348 e. The van der Waals surface area contributed by atoms with E-state index in [0.717, 1.165) is 16.9 Å².